The zero-order chi connectivity index (χ0) is 17.9. The number of halogens is 2. The fraction of sp³-hybridized carbons (Fsp3) is 0.300. The van der Waals surface area contributed by atoms with Gasteiger partial charge in [0.05, 0.1) is 10.0 Å². The highest BCUT2D eigenvalue weighted by Crippen LogP contribution is 2.31. The molecular weight excluding hydrogens is 403 g/mol. The van der Waals surface area contributed by atoms with Gasteiger partial charge < -0.3 is 4.98 Å². The Bertz CT molecular complexity index is 915. The highest BCUT2D eigenvalue weighted by Gasteiger charge is 2.13. The zero-order valence-corrected chi connectivity index (χ0v) is 17.4. The van der Waals surface area contributed by atoms with Gasteiger partial charge >= 0.3 is 0 Å². The van der Waals surface area contributed by atoms with Crippen LogP contribution < -0.4 is 0 Å². The van der Waals surface area contributed by atoms with Crippen molar-refractivity contribution in [2.45, 2.75) is 12.2 Å². The molecule has 3 heterocycles. The van der Waals surface area contributed by atoms with Crippen LogP contribution in [0.2, 0.25) is 10.0 Å². The number of hydrogen-bond acceptors (Lipinski definition) is 3. The van der Waals surface area contributed by atoms with Crippen LogP contribution in [0.5, 0.6) is 0 Å². The van der Waals surface area contributed by atoms with E-state index in [2.05, 4.69) is 39.7 Å². The quantitative estimate of drug-likeness (QED) is 0.453. The molecule has 0 saturated heterocycles. The van der Waals surface area contributed by atoms with Crippen molar-refractivity contribution in [3.63, 3.8) is 0 Å². The van der Waals surface area contributed by atoms with E-state index in [0.717, 1.165) is 43.1 Å². The molecule has 0 atom stereocenters. The van der Waals surface area contributed by atoms with Crippen LogP contribution in [0.3, 0.4) is 0 Å². The van der Waals surface area contributed by atoms with Gasteiger partial charge in [0, 0.05) is 53.1 Å². The summed E-state index contributed by atoms with van der Waals surface area (Å²) >= 11 is 16.1. The van der Waals surface area contributed by atoms with Crippen LogP contribution in [-0.2, 0) is 5.75 Å². The first-order valence-corrected chi connectivity index (χ1v) is 11.5. The molecule has 3 aromatic rings. The maximum atomic E-state index is 6.16. The summed E-state index contributed by atoms with van der Waals surface area (Å²) in [4.78, 5) is 7.26. The van der Waals surface area contributed by atoms with Gasteiger partial charge in [0.15, 0.2) is 0 Å². The van der Waals surface area contributed by atoms with Crippen LogP contribution in [0.4, 0.5) is 0 Å². The van der Waals surface area contributed by atoms with Crippen molar-refractivity contribution >= 4 is 62.8 Å². The van der Waals surface area contributed by atoms with Crippen molar-refractivity contribution in [1.29, 1.82) is 0 Å². The smallest absolute Gasteiger partial charge is 0.0613 e. The Kier molecular flexibility index (Phi) is 5.97. The SMILES string of the molecule is Clc1cc2[nH]cc(CSCCN3CC=C(c4cccs4)CC3)c2cc1Cl. The van der Waals surface area contributed by atoms with E-state index in [4.69, 9.17) is 23.2 Å². The number of aromatic amines is 1. The first-order chi connectivity index (χ1) is 12.7. The highest BCUT2D eigenvalue weighted by atomic mass is 35.5. The molecule has 0 saturated carbocycles. The molecule has 4 rings (SSSR count). The predicted molar refractivity (Wildman–Crippen MR) is 118 cm³/mol. The Morgan fingerprint density at radius 3 is 2.88 bits per heavy atom. The molecule has 2 aromatic heterocycles. The van der Waals surface area contributed by atoms with Crippen molar-refractivity contribution in [2.75, 3.05) is 25.4 Å². The number of aromatic nitrogens is 1. The third kappa shape index (κ3) is 4.15. The second kappa shape index (κ2) is 8.41. The lowest BCUT2D eigenvalue weighted by atomic mass is 10.1. The summed E-state index contributed by atoms with van der Waals surface area (Å²) < 4.78 is 0. The molecule has 0 spiro atoms. The van der Waals surface area contributed by atoms with Gasteiger partial charge in [-0.3, -0.25) is 4.90 Å². The monoisotopic (exact) mass is 422 g/mol. The van der Waals surface area contributed by atoms with Crippen LogP contribution in [0.25, 0.3) is 16.5 Å². The summed E-state index contributed by atoms with van der Waals surface area (Å²) in [6.07, 6.45) is 5.62. The van der Waals surface area contributed by atoms with Gasteiger partial charge in [-0.05, 0) is 41.1 Å². The third-order valence-electron chi connectivity index (χ3n) is 4.75. The van der Waals surface area contributed by atoms with Crippen molar-refractivity contribution in [1.82, 2.24) is 9.88 Å². The van der Waals surface area contributed by atoms with Gasteiger partial charge in [0.1, 0.15) is 0 Å². The third-order valence-corrected chi connectivity index (χ3v) is 7.40. The number of hydrogen-bond donors (Lipinski definition) is 1. The number of nitrogens with one attached hydrogen (secondary N) is 1. The minimum Gasteiger partial charge on any atom is -0.361 e. The van der Waals surface area contributed by atoms with Crippen LogP contribution in [0.15, 0.2) is 41.9 Å². The number of thioether (sulfide) groups is 1. The lowest BCUT2D eigenvalue weighted by Crippen LogP contribution is -2.30. The Hall–Kier alpha value is -0.910. The van der Waals surface area contributed by atoms with E-state index in [9.17, 15) is 0 Å². The molecule has 136 valence electrons. The van der Waals surface area contributed by atoms with E-state index < -0.39 is 0 Å². The lowest BCUT2D eigenvalue weighted by molar-refractivity contribution is 0.321. The van der Waals surface area contributed by atoms with E-state index >= 15 is 0 Å². The highest BCUT2D eigenvalue weighted by molar-refractivity contribution is 7.98. The Labute approximate surface area is 172 Å². The molecule has 1 aromatic carbocycles. The van der Waals surface area contributed by atoms with Crippen molar-refractivity contribution in [3.8, 4) is 0 Å². The van der Waals surface area contributed by atoms with Crippen molar-refractivity contribution in [2.24, 2.45) is 0 Å². The van der Waals surface area contributed by atoms with E-state index in [-0.39, 0.29) is 0 Å². The van der Waals surface area contributed by atoms with E-state index in [1.807, 2.05) is 35.2 Å². The number of benzene rings is 1. The average molecular weight is 423 g/mol. The molecule has 1 aliphatic rings. The molecule has 2 nitrogen and oxygen atoms in total. The average Bonchev–Trinajstić information content (AvgIpc) is 3.31. The molecular formula is C20H20Cl2N2S2. The molecule has 0 bridgehead atoms. The number of rotatable bonds is 6. The van der Waals surface area contributed by atoms with Crippen molar-refractivity contribution in [3.05, 3.63) is 62.4 Å². The number of fused-ring (bicyclic) bond motifs is 1. The standard InChI is InChI=1S/C20H20Cl2N2S2/c21-17-10-16-15(12-23-19(16)11-18(17)22)13-25-9-7-24-5-3-14(4-6-24)20-2-1-8-26-20/h1-3,8,10-12,23H,4-7,9,13H2. The molecule has 0 unspecified atom stereocenters. The summed E-state index contributed by atoms with van der Waals surface area (Å²) in [5.74, 6) is 2.12. The van der Waals surface area contributed by atoms with Crippen LogP contribution in [0, 0.1) is 0 Å². The first-order valence-electron chi connectivity index (χ1n) is 8.69. The largest absolute Gasteiger partial charge is 0.361 e. The second-order valence-electron chi connectivity index (χ2n) is 6.44. The topological polar surface area (TPSA) is 19.0 Å². The van der Waals surface area contributed by atoms with Crippen LogP contribution in [-0.4, -0.2) is 35.3 Å². The Morgan fingerprint density at radius 1 is 1.23 bits per heavy atom. The van der Waals surface area contributed by atoms with Gasteiger partial charge in [-0.15, -0.1) is 11.3 Å². The molecule has 1 aliphatic heterocycles. The number of thiophene rings is 1. The molecule has 0 amide bonds. The van der Waals surface area contributed by atoms with E-state index in [1.54, 1.807) is 0 Å². The zero-order valence-electron chi connectivity index (χ0n) is 14.3. The Balaban J connectivity index is 1.27. The summed E-state index contributed by atoms with van der Waals surface area (Å²) in [7, 11) is 0. The van der Waals surface area contributed by atoms with Gasteiger partial charge in [0.25, 0.3) is 0 Å². The fourth-order valence-electron chi connectivity index (χ4n) is 3.27. The second-order valence-corrected chi connectivity index (χ2v) is 9.30. The van der Waals surface area contributed by atoms with E-state index in [1.165, 1.54) is 21.4 Å². The minimum absolute atomic E-state index is 0.597. The fourth-order valence-corrected chi connectivity index (χ4v) is 5.38. The normalized spacial score (nSPS) is 15.5. The molecule has 6 heteroatoms. The van der Waals surface area contributed by atoms with Gasteiger partial charge in [-0.25, -0.2) is 0 Å². The molecule has 0 fully saturated rings. The Morgan fingerprint density at radius 2 is 2.12 bits per heavy atom. The van der Waals surface area contributed by atoms with Gasteiger partial charge in [-0.1, -0.05) is 35.3 Å². The van der Waals surface area contributed by atoms with E-state index in [0.29, 0.717) is 10.0 Å². The molecule has 0 aliphatic carbocycles. The molecule has 0 radical (unpaired) electrons. The first kappa shape index (κ1) is 18.5. The maximum Gasteiger partial charge on any atom is 0.0613 e. The van der Waals surface area contributed by atoms with Gasteiger partial charge in [-0.2, -0.15) is 11.8 Å². The van der Waals surface area contributed by atoms with Crippen LogP contribution in [0.1, 0.15) is 16.9 Å². The summed E-state index contributed by atoms with van der Waals surface area (Å²) in [5.41, 5.74) is 3.86. The lowest BCUT2D eigenvalue weighted by Gasteiger charge is -2.25. The van der Waals surface area contributed by atoms with Crippen LogP contribution >= 0.6 is 46.3 Å². The van der Waals surface area contributed by atoms with Gasteiger partial charge in [0.2, 0.25) is 0 Å². The summed E-state index contributed by atoms with van der Waals surface area (Å²) in [5, 5.41) is 4.55. The number of H-pyrrole nitrogens is 1. The summed E-state index contributed by atoms with van der Waals surface area (Å²) in [6, 6.07) is 8.23. The predicted octanol–water partition coefficient (Wildman–Crippen LogP) is 6.56. The maximum absolute atomic E-state index is 6.16. The molecule has 26 heavy (non-hydrogen) atoms. The summed E-state index contributed by atoms with van der Waals surface area (Å²) in [6.45, 7) is 3.36. The van der Waals surface area contributed by atoms with Crippen molar-refractivity contribution < 1.29 is 0 Å². The minimum atomic E-state index is 0.597. The number of nitrogens with zero attached hydrogens (tertiary/aromatic N) is 1. The molecule has 1 N–H and O–H groups in total.